The summed E-state index contributed by atoms with van der Waals surface area (Å²) in [7, 11) is 3.31. The van der Waals surface area contributed by atoms with Gasteiger partial charge in [0.15, 0.2) is 5.79 Å². The Morgan fingerprint density at radius 1 is 1.21 bits per heavy atom. The number of allylic oxidation sites excluding steroid dienone is 1. The van der Waals surface area contributed by atoms with Gasteiger partial charge in [0.25, 0.3) is 0 Å². The molecule has 0 aliphatic rings. The minimum absolute atomic E-state index is 0.474. The third-order valence-corrected chi connectivity index (χ3v) is 2.18. The van der Waals surface area contributed by atoms with Gasteiger partial charge in [-0.25, -0.2) is 0 Å². The largest absolute Gasteiger partial charge is 0.502 e. The van der Waals surface area contributed by atoms with E-state index in [1.807, 2.05) is 13.0 Å². The van der Waals surface area contributed by atoms with E-state index in [-0.39, 0.29) is 0 Å². The van der Waals surface area contributed by atoms with E-state index in [1.165, 1.54) is 0 Å². The van der Waals surface area contributed by atoms with Crippen LogP contribution in [0.4, 0.5) is 0 Å². The molecule has 3 nitrogen and oxygen atoms in total. The predicted molar refractivity (Wildman–Crippen MR) is 57.0 cm³/mol. The molecule has 0 aromatic rings. The molecule has 0 fully saturated rings. The summed E-state index contributed by atoms with van der Waals surface area (Å²) in [6, 6.07) is 0. The first-order valence-corrected chi connectivity index (χ1v) is 5.05. The minimum atomic E-state index is -0.474. The third kappa shape index (κ3) is 6.00. The molecule has 0 saturated carbocycles. The van der Waals surface area contributed by atoms with Crippen molar-refractivity contribution in [2.24, 2.45) is 0 Å². The van der Waals surface area contributed by atoms with Gasteiger partial charge >= 0.3 is 0 Å². The molecule has 0 aromatic heterocycles. The Morgan fingerprint density at radius 3 is 2.36 bits per heavy atom. The lowest BCUT2D eigenvalue weighted by Gasteiger charge is -2.25. The van der Waals surface area contributed by atoms with Crippen LogP contribution in [0, 0.1) is 0 Å². The van der Waals surface area contributed by atoms with Crippen LogP contribution in [0.2, 0.25) is 0 Å². The number of methoxy groups -OCH3 is 2. The van der Waals surface area contributed by atoms with Crippen LogP contribution in [-0.2, 0) is 14.2 Å². The highest BCUT2D eigenvalue weighted by atomic mass is 16.7. The van der Waals surface area contributed by atoms with Crippen LogP contribution in [-0.4, -0.2) is 26.6 Å². The van der Waals surface area contributed by atoms with Crippen LogP contribution < -0.4 is 0 Å². The van der Waals surface area contributed by atoms with Crippen molar-refractivity contribution < 1.29 is 14.2 Å². The van der Waals surface area contributed by atoms with Crippen molar-refractivity contribution in [3.05, 3.63) is 12.3 Å². The Kier molecular flexibility index (Phi) is 7.52. The van der Waals surface area contributed by atoms with E-state index in [1.54, 1.807) is 20.5 Å². The summed E-state index contributed by atoms with van der Waals surface area (Å²) in [5.41, 5.74) is 0. The first kappa shape index (κ1) is 13.5. The maximum absolute atomic E-state index is 5.27. The zero-order chi connectivity index (χ0) is 10.9. The fraction of sp³-hybridized carbons (Fsp3) is 0.818. The van der Waals surface area contributed by atoms with Gasteiger partial charge in [-0.05, 0) is 19.8 Å². The quantitative estimate of drug-likeness (QED) is 0.344. The fourth-order valence-corrected chi connectivity index (χ4v) is 0.996. The average molecular weight is 202 g/mol. The summed E-state index contributed by atoms with van der Waals surface area (Å²) < 4.78 is 15.7. The lowest BCUT2D eigenvalue weighted by molar-refractivity contribution is -0.198. The molecular formula is C11H22O3. The molecular weight excluding hydrogens is 180 g/mol. The lowest BCUT2D eigenvalue weighted by atomic mass is 10.2. The first-order chi connectivity index (χ1) is 6.68. The molecule has 0 saturated heterocycles. The number of ether oxygens (including phenoxy) is 3. The number of rotatable bonds is 8. The standard InChI is InChI=1S/C11H22O3/c1-5-6-9-14-10-7-8-11(2,12-3)13-4/h6,9H,5,7-8,10H2,1-4H3. The van der Waals surface area contributed by atoms with E-state index in [2.05, 4.69) is 6.92 Å². The molecule has 84 valence electrons. The maximum Gasteiger partial charge on any atom is 0.164 e. The second kappa shape index (κ2) is 7.83. The fourth-order valence-electron chi connectivity index (χ4n) is 0.996. The molecule has 0 spiro atoms. The van der Waals surface area contributed by atoms with E-state index in [9.17, 15) is 0 Å². The Labute approximate surface area is 87.0 Å². The van der Waals surface area contributed by atoms with Gasteiger partial charge in [0.2, 0.25) is 0 Å². The van der Waals surface area contributed by atoms with Crippen LogP contribution in [0.25, 0.3) is 0 Å². The topological polar surface area (TPSA) is 27.7 Å². The molecule has 0 N–H and O–H groups in total. The lowest BCUT2D eigenvalue weighted by Crippen LogP contribution is -2.29. The van der Waals surface area contributed by atoms with Crippen molar-refractivity contribution in [1.82, 2.24) is 0 Å². The molecule has 14 heavy (non-hydrogen) atoms. The maximum atomic E-state index is 5.27. The van der Waals surface area contributed by atoms with Gasteiger partial charge in [-0.3, -0.25) is 0 Å². The second-order valence-electron chi connectivity index (χ2n) is 3.30. The smallest absolute Gasteiger partial charge is 0.164 e. The molecule has 0 atom stereocenters. The summed E-state index contributed by atoms with van der Waals surface area (Å²) >= 11 is 0. The van der Waals surface area contributed by atoms with Crippen LogP contribution in [0.15, 0.2) is 12.3 Å². The minimum Gasteiger partial charge on any atom is -0.502 e. The van der Waals surface area contributed by atoms with Crippen molar-refractivity contribution >= 4 is 0 Å². The monoisotopic (exact) mass is 202 g/mol. The van der Waals surface area contributed by atoms with Crippen molar-refractivity contribution in [2.75, 3.05) is 20.8 Å². The van der Waals surface area contributed by atoms with Gasteiger partial charge in [-0.1, -0.05) is 13.0 Å². The molecule has 0 unspecified atom stereocenters. The Hall–Kier alpha value is -0.540. The molecule has 0 aliphatic heterocycles. The van der Waals surface area contributed by atoms with Gasteiger partial charge in [-0.15, -0.1) is 0 Å². The second-order valence-corrected chi connectivity index (χ2v) is 3.30. The van der Waals surface area contributed by atoms with Crippen molar-refractivity contribution in [2.45, 2.75) is 38.9 Å². The van der Waals surface area contributed by atoms with Crippen LogP contribution in [0.1, 0.15) is 33.1 Å². The highest BCUT2D eigenvalue weighted by Gasteiger charge is 2.21. The third-order valence-electron chi connectivity index (χ3n) is 2.18. The Balaban J connectivity index is 3.47. The van der Waals surface area contributed by atoms with Crippen LogP contribution >= 0.6 is 0 Å². The van der Waals surface area contributed by atoms with Crippen LogP contribution in [0.5, 0.6) is 0 Å². The molecule has 0 rings (SSSR count). The first-order valence-electron chi connectivity index (χ1n) is 5.05. The molecule has 0 amide bonds. The highest BCUT2D eigenvalue weighted by molar-refractivity contribution is 4.70. The van der Waals surface area contributed by atoms with Gasteiger partial charge < -0.3 is 14.2 Å². The van der Waals surface area contributed by atoms with Crippen molar-refractivity contribution in [1.29, 1.82) is 0 Å². The van der Waals surface area contributed by atoms with Gasteiger partial charge in [0, 0.05) is 20.6 Å². The molecule has 0 aromatic carbocycles. The van der Waals surface area contributed by atoms with Gasteiger partial charge in [-0.2, -0.15) is 0 Å². The highest BCUT2D eigenvalue weighted by Crippen LogP contribution is 2.16. The molecule has 0 heterocycles. The summed E-state index contributed by atoms with van der Waals surface area (Å²) in [6.45, 7) is 4.71. The van der Waals surface area contributed by atoms with Crippen molar-refractivity contribution in [3.8, 4) is 0 Å². The van der Waals surface area contributed by atoms with Crippen LogP contribution in [0.3, 0.4) is 0 Å². The van der Waals surface area contributed by atoms with E-state index < -0.39 is 5.79 Å². The zero-order valence-electron chi connectivity index (χ0n) is 9.71. The Morgan fingerprint density at radius 2 is 1.86 bits per heavy atom. The average Bonchev–Trinajstić information content (AvgIpc) is 2.23. The summed E-state index contributed by atoms with van der Waals surface area (Å²) in [4.78, 5) is 0. The summed E-state index contributed by atoms with van der Waals surface area (Å²) in [5.74, 6) is -0.474. The number of hydrogen-bond acceptors (Lipinski definition) is 3. The van der Waals surface area contributed by atoms with E-state index >= 15 is 0 Å². The summed E-state index contributed by atoms with van der Waals surface area (Å²) in [6.07, 6.45) is 6.50. The normalized spacial score (nSPS) is 12.3. The van der Waals surface area contributed by atoms with E-state index in [4.69, 9.17) is 14.2 Å². The van der Waals surface area contributed by atoms with Gasteiger partial charge in [0.05, 0.1) is 12.9 Å². The van der Waals surface area contributed by atoms with Gasteiger partial charge in [0.1, 0.15) is 0 Å². The van der Waals surface area contributed by atoms with E-state index in [0.29, 0.717) is 6.61 Å². The Bertz CT molecular complexity index is 151. The zero-order valence-corrected chi connectivity index (χ0v) is 9.71. The molecule has 3 heteroatoms. The van der Waals surface area contributed by atoms with E-state index in [0.717, 1.165) is 19.3 Å². The predicted octanol–water partition coefficient (Wildman–Crippen LogP) is 2.72. The summed E-state index contributed by atoms with van der Waals surface area (Å²) in [5, 5.41) is 0. The van der Waals surface area contributed by atoms with Crippen molar-refractivity contribution in [3.63, 3.8) is 0 Å². The molecule has 0 bridgehead atoms. The number of hydrogen-bond donors (Lipinski definition) is 0. The SMILES string of the molecule is CCC=COCCCC(C)(OC)OC. The molecule has 0 radical (unpaired) electrons. The molecule has 0 aliphatic carbocycles.